The Balaban J connectivity index is 1.60. The van der Waals surface area contributed by atoms with Gasteiger partial charge in [-0.05, 0) is 61.6 Å². The van der Waals surface area contributed by atoms with Crippen LogP contribution >= 0.6 is 27.7 Å². The molecule has 1 aromatic carbocycles. The largest absolute Gasteiger partial charge is 0.274 e. The fraction of sp³-hybridized carbons (Fsp3) is 0.333. The lowest BCUT2D eigenvalue weighted by molar-refractivity contribution is -0.121. The number of thioether (sulfide) groups is 1. The number of pyridine rings is 1. The molecular formula is C21H18BrN3O2S. The first-order chi connectivity index (χ1) is 13.6. The van der Waals surface area contributed by atoms with E-state index in [2.05, 4.69) is 22.0 Å². The molecule has 0 spiro atoms. The fourth-order valence-electron chi connectivity index (χ4n) is 3.65. The average molecular weight is 456 g/mol. The molecule has 142 valence electrons. The van der Waals surface area contributed by atoms with E-state index in [0.717, 1.165) is 41.4 Å². The van der Waals surface area contributed by atoms with E-state index in [1.165, 1.54) is 23.1 Å². The van der Waals surface area contributed by atoms with Gasteiger partial charge in [-0.3, -0.25) is 9.59 Å². The van der Waals surface area contributed by atoms with Crippen molar-refractivity contribution in [2.24, 2.45) is 0 Å². The zero-order valence-corrected chi connectivity index (χ0v) is 17.6. The average Bonchev–Trinajstić information content (AvgIpc) is 2.85. The topological polar surface area (TPSA) is 74.1 Å². The van der Waals surface area contributed by atoms with Gasteiger partial charge in [0, 0.05) is 16.6 Å². The highest BCUT2D eigenvalue weighted by atomic mass is 79.9. The van der Waals surface area contributed by atoms with Crippen LogP contribution < -0.4 is 4.90 Å². The molecule has 1 aliphatic carbocycles. The summed E-state index contributed by atoms with van der Waals surface area (Å²) < 4.78 is 0.883. The van der Waals surface area contributed by atoms with Crippen LogP contribution in [0.3, 0.4) is 0 Å². The number of aromatic nitrogens is 1. The first-order valence-electron chi connectivity index (χ1n) is 9.28. The third-order valence-corrected chi connectivity index (χ3v) is 6.80. The van der Waals surface area contributed by atoms with Gasteiger partial charge in [-0.1, -0.05) is 34.1 Å². The van der Waals surface area contributed by atoms with Crippen LogP contribution in [0, 0.1) is 11.3 Å². The van der Waals surface area contributed by atoms with Crippen LogP contribution in [0.15, 0.2) is 39.8 Å². The highest BCUT2D eigenvalue weighted by Gasteiger charge is 2.40. The second-order valence-electron chi connectivity index (χ2n) is 6.97. The summed E-state index contributed by atoms with van der Waals surface area (Å²) in [5.41, 5.74) is 3.23. The summed E-state index contributed by atoms with van der Waals surface area (Å²) in [5, 5.41) is 9.57. The highest BCUT2D eigenvalue weighted by molar-refractivity contribution is 9.10. The normalized spacial score (nSPS) is 19.3. The van der Waals surface area contributed by atoms with Crippen molar-refractivity contribution in [3.8, 4) is 6.07 Å². The maximum absolute atomic E-state index is 12.9. The number of hydrogen-bond donors (Lipinski definition) is 0. The Hall–Kier alpha value is -2.17. The number of aryl methyl sites for hydroxylation is 2. The van der Waals surface area contributed by atoms with Crippen molar-refractivity contribution in [2.75, 3.05) is 4.90 Å². The van der Waals surface area contributed by atoms with Crippen LogP contribution in [0.1, 0.15) is 42.5 Å². The number of rotatable bonds is 3. The van der Waals surface area contributed by atoms with Crippen LogP contribution in [-0.4, -0.2) is 22.0 Å². The Labute approximate surface area is 176 Å². The van der Waals surface area contributed by atoms with E-state index in [1.807, 2.05) is 6.07 Å². The smallest absolute Gasteiger partial charge is 0.247 e. The minimum absolute atomic E-state index is 0.114. The van der Waals surface area contributed by atoms with Gasteiger partial charge < -0.3 is 0 Å². The molecule has 2 aliphatic rings. The van der Waals surface area contributed by atoms with Crippen LogP contribution in [0.25, 0.3) is 0 Å². The van der Waals surface area contributed by atoms with Crippen molar-refractivity contribution in [2.45, 2.75) is 48.8 Å². The standard InChI is InChI=1S/C21H18BrN3O2S/c22-15-6-8-16(9-7-15)25-19(26)11-18(21(25)27)28-20-14(12-23)10-13-4-2-1-3-5-17(13)24-20/h6-10,18H,1-5,11H2/t18-/m0/s1. The maximum atomic E-state index is 12.9. The number of halogens is 1. The summed E-state index contributed by atoms with van der Waals surface area (Å²) in [6.07, 6.45) is 5.33. The van der Waals surface area contributed by atoms with Gasteiger partial charge >= 0.3 is 0 Å². The molecule has 1 aromatic heterocycles. The quantitative estimate of drug-likeness (QED) is 0.506. The number of amides is 2. The van der Waals surface area contributed by atoms with Gasteiger partial charge in [-0.2, -0.15) is 5.26 Å². The number of carbonyl (C=O) groups excluding carboxylic acids is 2. The Bertz CT molecular complexity index is 984. The number of carbonyl (C=O) groups is 2. The van der Waals surface area contributed by atoms with Crippen LogP contribution in [0.2, 0.25) is 0 Å². The maximum Gasteiger partial charge on any atom is 0.247 e. The lowest BCUT2D eigenvalue weighted by Crippen LogP contribution is -2.31. The molecule has 0 radical (unpaired) electrons. The highest BCUT2D eigenvalue weighted by Crippen LogP contribution is 2.36. The molecule has 4 rings (SSSR count). The Morgan fingerprint density at radius 1 is 1.14 bits per heavy atom. The van der Waals surface area contributed by atoms with Gasteiger partial charge in [0.05, 0.1) is 16.5 Å². The summed E-state index contributed by atoms with van der Waals surface area (Å²) in [6.45, 7) is 0. The van der Waals surface area contributed by atoms with E-state index >= 15 is 0 Å². The van der Waals surface area contributed by atoms with Gasteiger partial charge in [-0.15, -0.1) is 0 Å². The number of nitriles is 1. The number of imide groups is 1. The SMILES string of the molecule is N#Cc1cc2c(nc1S[C@H]1CC(=O)N(c3ccc(Br)cc3)C1=O)CCCCC2. The van der Waals surface area contributed by atoms with Gasteiger partial charge in [0.25, 0.3) is 0 Å². The predicted octanol–water partition coefficient (Wildman–Crippen LogP) is 4.41. The second kappa shape index (κ2) is 8.06. The summed E-state index contributed by atoms with van der Waals surface area (Å²) in [7, 11) is 0. The summed E-state index contributed by atoms with van der Waals surface area (Å²) >= 11 is 4.60. The molecule has 0 saturated carbocycles. The first kappa shape index (κ1) is 19.2. The van der Waals surface area contributed by atoms with Crippen molar-refractivity contribution in [1.82, 2.24) is 4.98 Å². The minimum Gasteiger partial charge on any atom is -0.274 e. The molecule has 2 amide bonds. The Kier molecular flexibility index (Phi) is 5.51. The number of anilines is 1. The lowest BCUT2D eigenvalue weighted by atomic mass is 10.1. The number of nitrogens with zero attached hydrogens (tertiary/aromatic N) is 3. The van der Waals surface area contributed by atoms with Crippen molar-refractivity contribution in [1.29, 1.82) is 5.26 Å². The van der Waals surface area contributed by atoms with Crippen molar-refractivity contribution in [3.05, 3.63) is 51.6 Å². The zero-order valence-electron chi connectivity index (χ0n) is 15.2. The summed E-state index contributed by atoms with van der Waals surface area (Å²) in [4.78, 5) is 31.4. The zero-order chi connectivity index (χ0) is 19.7. The monoisotopic (exact) mass is 455 g/mol. The molecule has 0 N–H and O–H groups in total. The Morgan fingerprint density at radius 2 is 1.89 bits per heavy atom. The number of fused-ring (bicyclic) bond motifs is 1. The molecule has 1 atom stereocenters. The minimum atomic E-state index is -0.556. The van der Waals surface area contributed by atoms with Crippen LogP contribution in [-0.2, 0) is 22.4 Å². The van der Waals surface area contributed by atoms with Crippen molar-refractivity contribution in [3.63, 3.8) is 0 Å². The second-order valence-corrected chi connectivity index (χ2v) is 9.08. The molecule has 7 heteroatoms. The molecule has 0 unspecified atom stereocenters. The molecule has 2 aromatic rings. The van der Waals surface area contributed by atoms with E-state index in [0.29, 0.717) is 16.3 Å². The summed E-state index contributed by atoms with van der Waals surface area (Å²) in [5.74, 6) is -0.476. The molecule has 1 aliphatic heterocycles. The Morgan fingerprint density at radius 3 is 2.64 bits per heavy atom. The van der Waals surface area contributed by atoms with E-state index in [4.69, 9.17) is 4.98 Å². The van der Waals surface area contributed by atoms with Crippen LogP contribution in [0.5, 0.6) is 0 Å². The fourth-order valence-corrected chi connectivity index (χ4v) is 5.01. The van der Waals surface area contributed by atoms with Gasteiger partial charge in [0.2, 0.25) is 11.8 Å². The van der Waals surface area contributed by atoms with E-state index in [9.17, 15) is 14.9 Å². The van der Waals surface area contributed by atoms with Crippen LogP contribution in [0.4, 0.5) is 5.69 Å². The third-order valence-electron chi connectivity index (χ3n) is 5.08. The first-order valence-corrected chi connectivity index (χ1v) is 11.0. The van der Waals surface area contributed by atoms with E-state index in [1.54, 1.807) is 24.3 Å². The third kappa shape index (κ3) is 3.71. The molecule has 2 heterocycles. The summed E-state index contributed by atoms with van der Waals surface area (Å²) in [6, 6.07) is 11.2. The van der Waals surface area contributed by atoms with Crippen molar-refractivity contribution < 1.29 is 9.59 Å². The molecule has 1 fully saturated rings. The molecule has 28 heavy (non-hydrogen) atoms. The van der Waals surface area contributed by atoms with E-state index < -0.39 is 5.25 Å². The number of benzene rings is 1. The lowest BCUT2D eigenvalue weighted by Gasteiger charge is -2.15. The molecular weight excluding hydrogens is 438 g/mol. The van der Waals surface area contributed by atoms with Gasteiger partial charge in [-0.25, -0.2) is 9.88 Å². The van der Waals surface area contributed by atoms with Gasteiger partial charge in [0.1, 0.15) is 11.1 Å². The van der Waals surface area contributed by atoms with E-state index in [-0.39, 0.29) is 18.2 Å². The molecule has 1 saturated heterocycles. The molecule has 5 nitrogen and oxygen atoms in total. The molecule has 0 bridgehead atoms. The van der Waals surface area contributed by atoms with Crippen molar-refractivity contribution >= 4 is 45.2 Å². The number of hydrogen-bond acceptors (Lipinski definition) is 5. The van der Waals surface area contributed by atoms with Gasteiger partial charge in [0.15, 0.2) is 0 Å². The predicted molar refractivity (Wildman–Crippen MR) is 111 cm³/mol.